The van der Waals surface area contributed by atoms with Crippen LogP contribution in [0.2, 0.25) is 0 Å². The van der Waals surface area contributed by atoms with Gasteiger partial charge >= 0.3 is 0 Å². The lowest BCUT2D eigenvalue weighted by molar-refractivity contribution is -0.123. The van der Waals surface area contributed by atoms with Crippen molar-refractivity contribution in [2.75, 3.05) is 34.0 Å². The first-order valence-electron chi connectivity index (χ1n) is 11.4. The second-order valence-corrected chi connectivity index (χ2v) is 8.23. The van der Waals surface area contributed by atoms with Gasteiger partial charge in [-0.2, -0.15) is 4.52 Å². The molecule has 0 atom stereocenters. The molecule has 2 aromatic carbocycles. The summed E-state index contributed by atoms with van der Waals surface area (Å²) < 4.78 is 23.7. The van der Waals surface area contributed by atoms with Gasteiger partial charge in [0, 0.05) is 11.6 Å². The third-order valence-electron chi connectivity index (χ3n) is 5.68. The van der Waals surface area contributed by atoms with Gasteiger partial charge in [-0.1, -0.05) is 6.07 Å². The third-order valence-corrected chi connectivity index (χ3v) is 5.68. The number of fused-ring (bicyclic) bond motifs is 1. The molecule has 0 aliphatic rings. The van der Waals surface area contributed by atoms with Gasteiger partial charge in [0.05, 0.1) is 20.8 Å². The number of aryl methyl sites for hydroxylation is 2. The summed E-state index contributed by atoms with van der Waals surface area (Å²) in [6.07, 6.45) is 0. The first kappa shape index (κ1) is 24.8. The van der Waals surface area contributed by atoms with Gasteiger partial charge < -0.3 is 24.3 Å². The van der Waals surface area contributed by atoms with Crippen molar-refractivity contribution in [3.63, 3.8) is 0 Å². The molecule has 2 aromatic heterocycles. The van der Waals surface area contributed by atoms with Crippen LogP contribution >= 0.6 is 0 Å². The Morgan fingerprint density at radius 3 is 2.50 bits per heavy atom. The van der Waals surface area contributed by atoms with Gasteiger partial charge in [-0.25, -0.2) is 0 Å². The van der Waals surface area contributed by atoms with Gasteiger partial charge in [0.2, 0.25) is 5.88 Å². The van der Waals surface area contributed by atoms with Crippen LogP contribution in [0, 0.1) is 20.8 Å². The Bertz CT molecular complexity index is 1380. The van der Waals surface area contributed by atoms with Crippen molar-refractivity contribution in [2.24, 2.45) is 0 Å². The van der Waals surface area contributed by atoms with Crippen molar-refractivity contribution in [3.05, 3.63) is 59.2 Å². The van der Waals surface area contributed by atoms with E-state index in [1.807, 2.05) is 39.0 Å². The number of carbonyl (C=O) groups excluding carboxylic acids is 1. The maximum Gasteiger partial charge on any atom is 0.258 e. The largest absolute Gasteiger partial charge is 0.493 e. The second kappa shape index (κ2) is 10.9. The van der Waals surface area contributed by atoms with Crippen LogP contribution in [-0.4, -0.2) is 59.7 Å². The number of ether oxygens (including phenoxy) is 4. The Hall–Kier alpha value is -4.34. The summed E-state index contributed by atoms with van der Waals surface area (Å²) in [6, 6.07) is 12.9. The minimum absolute atomic E-state index is 0.0661. The smallest absolute Gasteiger partial charge is 0.258 e. The molecular formula is C26H29N5O5. The zero-order valence-electron chi connectivity index (χ0n) is 21.0. The second-order valence-electron chi connectivity index (χ2n) is 8.23. The van der Waals surface area contributed by atoms with Gasteiger partial charge in [-0.3, -0.25) is 4.79 Å². The van der Waals surface area contributed by atoms with E-state index in [2.05, 4.69) is 26.7 Å². The Balaban J connectivity index is 1.34. The normalized spacial score (nSPS) is 10.8. The van der Waals surface area contributed by atoms with E-state index >= 15 is 0 Å². The average molecular weight is 492 g/mol. The lowest BCUT2D eigenvalue weighted by Gasteiger charge is -2.12. The lowest BCUT2D eigenvalue weighted by atomic mass is 10.1. The van der Waals surface area contributed by atoms with Crippen LogP contribution in [0.4, 0.5) is 0 Å². The summed E-state index contributed by atoms with van der Waals surface area (Å²) in [5, 5.41) is 15.7. The van der Waals surface area contributed by atoms with E-state index in [0.717, 1.165) is 28.0 Å². The van der Waals surface area contributed by atoms with E-state index in [1.165, 1.54) is 0 Å². The SMILES string of the molecule is COc1ccc(-c2nnc3ccc(OCCNC(=O)COc4cc(C)cc(C)c4C)nn23)cc1OC. The number of nitrogens with one attached hydrogen (secondary N) is 1. The highest BCUT2D eigenvalue weighted by molar-refractivity contribution is 5.77. The zero-order chi connectivity index (χ0) is 25.7. The highest BCUT2D eigenvalue weighted by atomic mass is 16.5. The van der Waals surface area contributed by atoms with Crippen molar-refractivity contribution in [2.45, 2.75) is 20.8 Å². The molecule has 2 heterocycles. The predicted molar refractivity (Wildman–Crippen MR) is 134 cm³/mol. The monoisotopic (exact) mass is 491 g/mol. The summed E-state index contributed by atoms with van der Waals surface area (Å²) in [5.74, 6) is 2.59. The molecule has 0 spiro atoms. The van der Waals surface area contributed by atoms with Crippen LogP contribution in [-0.2, 0) is 4.79 Å². The summed E-state index contributed by atoms with van der Waals surface area (Å²) in [5.41, 5.74) is 4.58. The molecule has 0 fully saturated rings. The van der Waals surface area contributed by atoms with Crippen LogP contribution in [0.3, 0.4) is 0 Å². The van der Waals surface area contributed by atoms with Crippen molar-refractivity contribution in [3.8, 4) is 34.5 Å². The molecule has 0 aliphatic heterocycles. The van der Waals surface area contributed by atoms with Gasteiger partial charge in [-0.05, 0) is 67.8 Å². The number of rotatable bonds is 10. The van der Waals surface area contributed by atoms with Crippen molar-refractivity contribution in [1.82, 2.24) is 25.1 Å². The van der Waals surface area contributed by atoms with Crippen LogP contribution in [0.15, 0.2) is 42.5 Å². The van der Waals surface area contributed by atoms with E-state index in [9.17, 15) is 4.79 Å². The van der Waals surface area contributed by atoms with Gasteiger partial charge in [0.15, 0.2) is 29.6 Å². The molecule has 36 heavy (non-hydrogen) atoms. The third kappa shape index (κ3) is 5.48. The molecule has 10 heteroatoms. The quantitative estimate of drug-likeness (QED) is 0.337. The maximum absolute atomic E-state index is 12.2. The number of amides is 1. The molecule has 0 unspecified atom stereocenters. The summed E-state index contributed by atoms with van der Waals surface area (Å²) in [7, 11) is 3.15. The topological polar surface area (TPSA) is 109 Å². The number of aromatic nitrogens is 4. The molecule has 0 saturated carbocycles. The Labute approximate surface area is 209 Å². The predicted octanol–water partition coefficient (Wildman–Crippen LogP) is 3.31. The summed E-state index contributed by atoms with van der Waals surface area (Å²) in [6.45, 7) is 6.47. The van der Waals surface area contributed by atoms with E-state index < -0.39 is 0 Å². The summed E-state index contributed by atoms with van der Waals surface area (Å²) in [4.78, 5) is 12.2. The van der Waals surface area contributed by atoms with E-state index in [1.54, 1.807) is 36.9 Å². The molecule has 188 valence electrons. The minimum atomic E-state index is -0.227. The lowest BCUT2D eigenvalue weighted by Crippen LogP contribution is -2.32. The van der Waals surface area contributed by atoms with E-state index in [0.29, 0.717) is 35.4 Å². The fraction of sp³-hybridized carbons (Fsp3) is 0.308. The Kier molecular flexibility index (Phi) is 7.53. The standard InChI is InChI=1S/C26H29N5O5/c1-16-12-17(2)18(3)21(13-16)36-15-24(32)27-10-11-35-25-9-8-23-28-29-26(31(23)30-25)19-6-7-20(33-4)22(14-19)34-5/h6-9,12-14H,10-11,15H2,1-5H3,(H,27,32). The molecule has 4 aromatic rings. The van der Waals surface area contributed by atoms with Gasteiger partial charge in [-0.15, -0.1) is 15.3 Å². The molecule has 1 amide bonds. The Morgan fingerprint density at radius 2 is 1.72 bits per heavy atom. The number of nitrogens with zero attached hydrogens (tertiary/aromatic N) is 4. The maximum atomic E-state index is 12.2. The van der Waals surface area contributed by atoms with Crippen molar-refractivity contribution in [1.29, 1.82) is 0 Å². The van der Waals surface area contributed by atoms with Crippen LogP contribution in [0.1, 0.15) is 16.7 Å². The highest BCUT2D eigenvalue weighted by Crippen LogP contribution is 2.31. The number of hydrogen-bond acceptors (Lipinski definition) is 8. The highest BCUT2D eigenvalue weighted by Gasteiger charge is 2.14. The first-order chi connectivity index (χ1) is 17.4. The first-order valence-corrected chi connectivity index (χ1v) is 11.4. The molecule has 4 rings (SSSR count). The zero-order valence-corrected chi connectivity index (χ0v) is 21.0. The van der Waals surface area contributed by atoms with E-state index in [-0.39, 0.29) is 19.1 Å². The molecular weight excluding hydrogens is 462 g/mol. The Morgan fingerprint density at radius 1 is 0.917 bits per heavy atom. The molecule has 1 N–H and O–H groups in total. The summed E-state index contributed by atoms with van der Waals surface area (Å²) >= 11 is 0. The fourth-order valence-corrected chi connectivity index (χ4v) is 3.70. The number of carbonyl (C=O) groups is 1. The molecule has 0 bridgehead atoms. The van der Waals surface area contributed by atoms with Crippen molar-refractivity contribution >= 4 is 11.6 Å². The van der Waals surface area contributed by atoms with Crippen LogP contribution in [0.25, 0.3) is 17.0 Å². The van der Waals surface area contributed by atoms with Gasteiger partial charge in [0.1, 0.15) is 12.4 Å². The average Bonchev–Trinajstić information content (AvgIpc) is 3.30. The number of benzene rings is 2. The molecule has 0 saturated heterocycles. The molecule has 0 aliphatic carbocycles. The van der Waals surface area contributed by atoms with Crippen molar-refractivity contribution < 1.29 is 23.7 Å². The van der Waals surface area contributed by atoms with Crippen LogP contribution < -0.4 is 24.3 Å². The fourth-order valence-electron chi connectivity index (χ4n) is 3.70. The van der Waals surface area contributed by atoms with E-state index in [4.69, 9.17) is 18.9 Å². The molecule has 0 radical (unpaired) electrons. The minimum Gasteiger partial charge on any atom is -0.493 e. The van der Waals surface area contributed by atoms with Gasteiger partial charge in [0.25, 0.3) is 5.91 Å². The number of methoxy groups -OCH3 is 2. The number of hydrogen-bond donors (Lipinski definition) is 1. The molecule has 10 nitrogen and oxygen atoms in total. The van der Waals surface area contributed by atoms with Crippen LogP contribution in [0.5, 0.6) is 23.1 Å².